The van der Waals surface area contributed by atoms with Crippen LogP contribution in [-0.4, -0.2) is 45.8 Å². The van der Waals surface area contributed by atoms with E-state index in [0.717, 1.165) is 18.2 Å². The number of carboxylic acid groups (broad SMARTS) is 2. The summed E-state index contributed by atoms with van der Waals surface area (Å²) in [4.78, 5) is 24.7. The second kappa shape index (κ2) is 11.3. The molecule has 0 aliphatic heterocycles. The van der Waals surface area contributed by atoms with E-state index < -0.39 is 35.4 Å². The van der Waals surface area contributed by atoms with Crippen molar-refractivity contribution in [2.24, 2.45) is 22.2 Å². The van der Waals surface area contributed by atoms with Crippen LogP contribution in [0.25, 0.3) is 11.1 Å². The number of hydrogen-bond acceptors (Lipinski definition) is 5. The molecular formula is C19H22F2N4O5. The third kappa shape index (κ3) is 7.72. The van der Waals surface area contributed by atoms with E-state index in [0.29, 0.717) is 25.5 Å². The van der Waals surface area contributed by atoms with Crippen molar-refractivity contribution in [3.8, 4) is 16.9 Å². The van der Waals surface area contributed by atoms with Crippen LogP contribution in [0.2, 0.25) is 0 Å². The molecule has 2 aromatic carbocycles. The summed E-state index contributed by atoms with van der Waals surface area (Å²) in [5, 5.41) is 26.5. The number of nitrogens with zero attached hydrogens (tertiary/aromatic N) is 1. The number of halogens is 2. The highest BCUT2D eigenvalue weighted by atomic mass is 19.1. The van der Waals surface area contributed by atoms with Crippen molar-refractivity contribution in [2.75, 3.05) is 6.54 Å². The standard InChI is InChI=1S/C13H8F2O3.C6H14N4O2/c14-8-2-3-9(11(15)6-8)7-1-4-12(16)10(5-7)13(17)18;7-4(5(11)12)2-1-3-10-6(8)9/h1-6,16H,(H,17,18);4H,1-3,7H2,(H,11,12)(H4,8,9,10)/t;4-/m.0/s1. The van der Waals surface area contributed by atoms with Gasteiger partial charge in [-0.15, -0.1) is 0 Å². The number of hydrogen-bond donors (Lipinski definition) is 6. The molecule has 162 valence electrons. The normalized spacial score (nSPS) is 11.0. The summed E-state index contributed by atoms with van der Waals surface area (Å²) in [6, 6.07) is 5.82. The molecule has 1 atom stereocenters. The van der Waals surface area contributed by atoms with Crippen molar-refractivity contribution in [3.63, 3.8) is 0 Å². The lowest BCUT2D eigenvalue weighted by atomic mass is 10.0. The fourth-order valence-electron chi connectivity index (χ4n) is 2.24. The fourth-order valence-corrected chi connectivity index (χ4v) is 2.24. The van der Waals surface area contributed by atoms with Gasteiger partial charge in [0.2, 0.25) is 0 Å². The lowest BCUT2D eigenvalue weighted by Crippen LogP contribution is -2.30. The van der Waals surface area contributed by atoms with E-state index in [2.05, 4.69) is 4.99 Å². The molecule has 0 unspecified atom stereocenters. The highest BCUT2D eigenvalue weighted by molar-refractivity contribution is 5.92. The van der Waals surface area contributed by atoms with Crippen LogP contribution in [0.4, 0.5) is 8.78 Å². The molecule has 0 aliphatic rings. The summed E-state index contributed by atoms with van der Waals surface area (Å²) in [5.41, 5.74) is 15.3. The highest BCUT2D eigenvalue weighted by Crippen LogP contribution is 2.28. The maximum Gasteiger partial charge on any atom is 0.339 e. The molecule has 0 fully saturated rings. The van der Waals surface area contributed by atoms with Gasteiger partial charge in [0.25, 0.3) is 0 Å². The van der Waals surface area contributed by atoms with Gasteiger partial charge in [0.15, 0.2) is 5.96 Å². The number of aliphatic carboxylic acids is 1. The number of rotatable bonds is 7. The predicted octanol–water partition coefficient (Wildman–Crippen LogP) is 1.49. The molecule has 0 aliphatic carbocycles. The van der Waals surface area contributed by atoms with Gasteiger partial charge in [-0.25, -0.2) is 13.6 Å². The monoisotopic (exact) mass is 424 g/mol. The first-order chi connectivity index (χ1) is 14.0. The Morgan fingerprint density at radius 3 is 2.27 bits per heavy atom. The predicted molar refractivity (Wildman–Crippen MR) is 106 cm³/mol. The molecule has 0 heterocycles. The smallest absolute Gasteiger partial charge is 0.339 e. The van der Waals surface area contributed by atoms with Crippen LogP contribution in [0, 0.1) is 11.6 Å². The summed E-state index contributed by atoms with van der Waals surface area (Å²) < 4.78 is 26.3. The van der Waals surface area contributed by atoms with Crippen LogP contribution in [0.5, 0.6) is 5.75 Å². The molecule has 0 radical (unpaired) electrons. The van der Waals surface area contributed by atoms with E-state index in [1.165, 1.54) is 12.1 Å². The van der Waals surface area contributed by atoms with E-state index in [1.54, 1.807) is 0 Å². The molecule has 0 amide bonds. The van der Waals surface area contributed by atoms with Crippen molar-refractivity contribution in [1.82, 2.24) is 0 Å². The van der Waals surface area contributed by atoms with E-state index in [-0.39, 0.29) is 22.6 Å². The molecule has 9 N–H and O–H groups in total. The van der Waals surface area contributed by atoms with Gasteiger partial charge in [0.1, 0.15) is 29.0 Å². The van der Waals surface area contributed by atoms with E-state index >= 15 is 0 Å². The van der Waals surface area contributed by atoms with Gasteiger partial charge in [-0.2, -0.15) is 0 Å². The van der Waals surface area contributed by atoms with Gasteiger partial charge in [0.05, 0.1) is 0 Å². The molecule has 2 aromatic rings. The number of aromatic carboxylic acids is 1. The zero-order chi connectivity index (χ0) is 22.8. The minimum absolute atomic E-state index is 0.0129. The Labute approximate surface area is 170 Å². The maximum absolute atomic E-state index is 13.5. The third-order valence-corrected chi connectivity index (χ3v) is 3.75. The van der Waals surface area contributed by atoms with Crippen LogP contribution < -0.4 is 17.2 Å². The number of guanidine groups is 1. The van der Waals surface area contributed by atoms with Gasteiger partial charge >= 0.3 is 11.9 Å². The SMILES string of the molecule is NC(N)=NCCC[C@H](N)C(=O)O.O=C(O)c1cc(-c2ccc(F)cc2F)ccc1O. The largest absolute Gasteiger partial charge is 0.507 e. The Balaban J connectivity index is 0.000000329. The van der Waals surface area contributed by atoms with Gasteiger partial charge in [-0.1, -0.05) is 6.07 Å². The number of nitrogens with two attached hydrogens (primary N) is 3. The molecule has 30 heavy (non-hydrogen) atoms. The lowest BCUT2D eigenvalue weighted by Gasteiger charge is -2.06. The topological polar surface area (TPSA) is 185 Å². The highest BCUT2D eigenvalue weighted by Gasteiger charge is 2.13. The number of carbonyl (C=O) groups is 2. The lowest BCUT2D eigenvalue weighted by molar-refractivity contribution is -0.138. The Bertz CT molecular complexity index is 933. The summed E-state index contributed by atoms with van der Waals surface area (Å²) in [6.45, 7) is 0.420. The van der Waals surface area contributed by atoms with Crippen molar-refractivity contribution in [3.05, 3.63) is 53.6 Å². The van der Waals surface area contributed by atoms with E-state index in [1.807, 2.05) is 0 Å². The van der Waals surface area contributed by atoms with Crippen molar-refractivity contribution in [1.29, 1.82) is 0 Å². The van der Waals surface area contributed by atoms with E-state index in [9.17, 15) is 23.5 Å². The third-order valence-electron chi connectivity index (χ3n) is 3.75. The Morgan fingerprint density at radius 1 is 1.07 bits per heavy atom. The van der Waals surface area contributed by atoms with Crippen LogP contribution in [0.15, 0.2) is 41.4 Å². The minimum Gasteiger partial charge on any atom is -0.507 e. The second-order valence-corrected chi connectivity index (χ2v) is 6.05. The van der Waals surface area contributed by atoms with Gasteiger partial charge in [-0.3, -0.25) is 9.79 Å². The van der Waals surface area contributed by atoms with Gasteiger partial charge < -0.3 is 32.5 Å². The number of phenols is 1. The fraction of sp³-hybridized carbons (Fsp3) is 0.211. The van der Waals surface area contributed by atoms with Crippen molar-refractivity contribution >= 4 is 17.9 Å². The van der Waals surface area contributed by atoms with E-state index in [4.69, 9.17) is 27.4 Å². The van der Waals surface area contributed by atoms with Crippen LogP contribution in [0.3, 0.4) is 0 Å². The second-order valence-electron chi connectivity index (χ2n) is 6.05. The van der Waals surface area contributed by atoms with Crippen molar-refractivity contribution < 1.29 is 33.7 Å². The zero-order valence-electron chi connectivity index (χ0n) is 15.8. The maximum atomic E-state index is 13.5. The Hall–Kier alpha value is -3.73. The molecule has 11 heteroatoms. The first-order valence-corrected chi connectivity index (χ1v) is 8.58. The minimum atomic E-state index is -1.32. The first kappa shape index (κ1) is 24.3. The number of aromatic hydroxyl groups is 1. The van der Waals surface area contributed by atoms with Crippen LogP contribution >= 0.6 is 0 Å². The molecule has 9 nitrogen and oxygen atoms in total. The summed E-state index contributed by atoms with van der Waals surface area (Å²) in [7, 11) is 0. The number of benzene rings is 2. The van der Waals surface area contributed by atoms with Gasteiger partial charge in [-0.05, 0) is 42.7 Å². The molecule has 0 bridgehead atoms. The zero-order valence-corrected chi connectivity index (χ0v) is 15.8. The average Bonchev–Trinajstić information content (AvgIpc) is 2.66. The molecule has 0 aromatic heterocycles. The summed E-state index contributed by atoms with van der Waals surface area (Å²) in [5.74, 6) is -4.23. The molecule has 0 spiro atoms. The molecule has 0 saturated heterocycles. The quantitative estimate of drug-likeness (QED) is 0.219. The number of carboxylic acids is 2. The first-order valence-electron chi connectivity index (χ1n) is 8.58. The van der Waals surface area contributed by atoms with Crippen molar-refractivity contribution in [2.45, 2.75) is 18.9 Å². The average molecular weight is 424 g/mol. The Kier molecular flexibility index (Phi) is 9.17. The van der Waals surface area contributed by atoms with Gasteiger partial charge in [0, 0.05) is 18.2 Å². The summed E-state index contributed by atoms with van der Waals surface area (Å²) >= 11 is 0. The van der Waals surface area contributed by atoms with Crippen LogP contribution in [0.1, 0.15) is 23.2 Å². The summed E-state index contributed by atoms with van der Waals surface area (Å²) in [6.07, 6.45) is 0.956. The number of aliphatic imine (C=N–C) groups is 1. The van der Waals surface area contributed by atoms with Crippen LogP contribution in [-0.2, 0) is 4.79 Å². The molecular weight excluding hydrogens is 402 g/mol. The Morgan fingerprint density at radius 2 is 1.73 bits per heavy atom. The molecule has 0 saturated carbocycles. The molecule has 2 rings (SSSR count).